The highest BCUT2D eigenvalue weighted by Gasteiger charge is 2.20. The van der Waals surface area contributed by atoms with Crippen molar-refractivity contribution in [1.82, 2.24) is 9.80 Å². The lowest BCUT2D eigenvalue weighted by atomic mass is 10.1. The largest absolute Gasteiger partial charge is 0.411 e. The Morgan fingerprint density at radius 1 is 0.654 bits per heavy atom. The Balaban J connectivity index is 1.53. The van der Waals surface area contributed by atoms with Crippen LogP contribution in [-0.2, 0) is 0 Å². The van der Waals surface area contributed by atoms with E-state index >= 15 is 0 Å². The van der Waals surface area contributed by atoms with Gasteiger partial charge in [0.1, 0.15) is 11.4 Å². The van der Waals surface area contributed by atoms with E-state index in [-0.39, 0.29) is 0 Å². The Morgan fingerprint density at radius 3 is 1.31 bits per heavy atom. The fourth-order valence-corrected chi connectivity index (χ4v) is 3.15. The molecule has 6 heteroatoms. The number of oxime groups is 2. The zero-order chi connectivity index (χ0) is 18.2. The van der Waals surface area contributed by atoms with Gasteiger partial charge in [0, 0.05) is 50.4 Å². The van der Waals surface area contributed by atoms with Crippen LogP contribution in [0.1, 0.15) is 11.1 Å². The maximum Gasteiger partial charge on any atom is 0.101 e. The van der Waals surface area contributed by atoms with E-state index in [1.165, 1.54) is 0 Å². The van der Waals surface area contributed by atoms with Crippen LogP contribution in [0.25, 0.3) is 0 Å². The lowest BCUT2D eigenvalue weighted by Crippen LogP contribution is -2.49. The predicted molar refractivity (Wildman–Crippen MR) is 102 cm³/mol. The minimum absolute atomic E-state index is 0.619. The molecule has 2 aromatic carbocycles. The molecule has 0 bridgehead atoms. The van der Waals surface area contributed by atoms with E-state index in [4.69, 9.17) is 0 Å². The highest BCUT2D eigenvalue weighted by Crippen LogP contribution is 2.09. The molecule has 0 aromatic heterocycles. The first kappa shape index (κ1) is 18.1. The summed E-state index contributed by atoms with van der Waals surface area (Å²) < 4.78 is 0. The summed E-state index contributed by atoms with van der Waals surface area (Å²) in [6.45, 7) is 4.74. The molecule has 0 saturated carbocycles. The van der Waals surface area contributed by atoms with E-state index in [1.54, 1.807) is 0 Å². The van der Waals surface area contributed by atoms with E-state index in [2.05, 4.69) is 20.1 Å². The molecule has 0 aliphatic carbocycles. The lowest BCUT2D eigenvalue weighted by molar-refractivity contribution is 0.159. The first-order valence-corrected chi connectivity index (χ1v) is 8.77. The van der Waals surface area contributed by atoms with E-state index < -0.39 is 0 Å². The van der Waals surface area contributed by atoms with Crippen molar-refractivity contribution in [1.29, 1.82) is 0 Å². The highest BCUT2D eigenvalue weighted by molar-refractivity contribution is 6.02. The van der Waals surface area contributed by atoms with Gasteiger partial charge in [0.15, 0.2) is 0 Å². The summed E-state index contributed by atoms with van der Waals surface area (Å²) in [7, 11) is 0. The fourth-order valence-electron chi connectivity index (χ4n) is 3.15. The standard InChI is InChI=1S/C20H24N4O2/c25-21-19(17-7-3-1-4-8-17)15-23-11-13-24(14-12-23)16-20(22-26)18-9-5-2-6-10-18/h1-10,25-26H,11-16H2. The van der Waals surface area contributed by atoms with Crippen LogP contribution in [0.5, 0.6) is 0 Å². The minimum Gasteiger partial charge on any atom is -0.411 e. The summed E-state index contributed by atoms with van der Waals surface area (Å²) in [6, 6.07) is 19.5. The number of hydrogen-bond acceptors (Lipinski definition) is 6. The third kappa shape index (κ3) is 4.68. The van der Waals surface area contributed by atoms with Crippen LogP contribution in [0.4, 0.5) is 0 Å². The number of nitrogens with zero attached hydrogens (tertiary/aromatic N) is 4. The molecule has 0 unspecified atom stereocenters. The van der Waals surface area contributed by atoms with E-state index in [0.717, 1.165) is 37.3 Å². The third-order valence-corrected chi connectivity index (χ3v) is 4.67. The Bertz CT molecular complexity index is 673. The average Bonchev–Trinajstić information content (AvgIpc) is 2.72. The van der Waals surface area contributed by atoms with Gasteiger partial charge in [-0.15, -0.1) is 0 Å². The van der Waals surface area contributed by atoms with Gasteiger partial charge in [0.2, 0.25) is 0 Å². The lowest BCUT2D eigenvalue weighted by Gasteiger charge is -2.34. The fraction of sp³-hybridized carbons (Fsp3) is 0.300. The van der Waals surface area contributed by atoms with Crippen LogP contribution in [0.2, 0.25) is 0 Å². The molecule has 3 rings (SSSR count). The molecule has 1 saturated heterocycles. The van der Waals surface area contributed by atoms with E-state index in [1.807, 2.05) is 60.7 Å². The summed E-state index contributed by atoms with van der Waals surface area (Å²) in [5.74, 6) is 0. The molecule has 0 spiro atoms. The molecule has 0 atom stereocenters. The van der Waals surface area contributed by atoms with Crippen LogP contribution >= 0.6 is 0 Å². The number of piperazine rings is 1. The van der Waals surface area contributed by atoms with Gasteiger partial charge in [0.25, 0.3) is 0 Å². The Kier molecular flexibility index (Phi) is 6.35. The molecule has 2 N–H and O–H groups in total. The van der Waals surface area contributed by atoms with Crippen LogP contribution in [-0.4, -0.2) is 70.9 Å². The summed E-state index contributed by atoms with van der Waals surface area (Å²) in [5, 5.41) is 25.7. The van der Waals surface area contributed by atoms with Crippen molar-refractivity contribution in [3.05, 3.63) is 71.8 Å². The quantitative estimate of drug-likeness (QED) is 0.476. The highest BCUT2D eigenvalue weighted by atomic mass is 16.4. The van der Waals surface area contributed by atoms with Gasteiger partial charge in [-0.25, -0.2) is 0 Å². The Hall–Kier alpha value is -2.70. The van der Waals surface area contributed by atoms with Gasteiger partial charge in [-0.3, -0.25) is 9.80 Å². The van der Waals surface area contributed by atoms with Crippen molar-refractivity contribution < 1.29 is 10.4 Å². The van der Waals surface area contributed by atoms with E-state index in [9.17, 15) is 10.4 Å². The molecule has 26 heavy (non-hydrogen) atoms. The molecular formula is C20H24N4O2. The summed E-state index contributed by atoms with van der Waals surface area (Å²) >= 11 is 0. The molecule has 1 fully saturated rings. The minimum atomic E-state index is 0.619. The molecule has 6 nitrogen and oxygen atoms in total. The molecule has 1 aliphatic rings. The molecule has 136 valence electrons. The normalized spacial score (nSPS) is 17.4. The first-order chi connectivity index (χ1) is 12.8. The summed E-state index contributed by atoms with van der Waals surface area (Å²) in [6.07, 6.45) is 0. The summed E-state index contributed by atoms with van der Waals surface area (Å²) in [4.78, 5) is 4.55. The van der Waals surface area contributed by atoms with Crippen LogP contribution < -0.4 is 0 Å². The van der Waals surface area contributed by atoms with Gasteiger partial charge in [-0.2, -0.15) is 0 Å². The Morgan fingerprint density at radius 2 is 1.00 bits per heavy atom. The maximum absolute atomic E-state index is 9.35. The second kappa shape index (κ2) is 9.12. The zero-order valence-corrected chi connectivity index (χ0v) is 14.7. The number of benzene rings is 2. The van der Waals surface area contributed by atoms with Crippen LogP contribution in [0, 0.1) is 0 Å². The van der Waals surface area contributed by atoms with Crippen molar-refractivity contribution in [2.75, 3.05) is 39.3 Å². The second-order valence-electron chi connectivity index (χ2n) is 6.38. The molecular weight excluding hydrogens is 328 g/mol. The van der Waals surface area contributed by atoms with Crippen molar-refractivity contribution in [3.8, 4) is 0 Å². The second-order valence-corrected chi connectivity index (χ2v) is 6.38. The summed E-state index contributed by atoms with van der Waals surface area (Å²) in [5.41, 5.74) is 3.24. The van der Waals surface area contributed by atoms with Crippen LogP contribution in [0.15, 0.2) is 71.0 Å². The van der Waals surface area contributed by atoms with Crippen molar-refractivity contribution >= 4 is 11.4 Å². The molecule has 0 amide bonds. The van der Waals surface area contributed by atoms with Crippen molar-refractivity contribution in [3.63, 3.8) is 0 Å². The van der Waals surface area contributed by atoms with Gasteiger partial charge in [-0.05, 0) is 0 Å². The third-order valence-electron chi connectivity index (χ3n) is 4.67. The van der Waals surface area contributed by atoms with Gasteiger partial charge in [-0.1, -0.05) is 71.0 Å². The SMILES string of the molecule is ON=C(CN1CCN(CC(=NO)c2ccccc2)CC1)c1ccccc1. The van der Waals surface area contributed by atoms with Gasteiger partial charge in [0.05, 0.1) is 0 Å². The monoisotopic (exact) mass is 352 g/mol. The smallest absolute Gasteiger partial charge is 0.101 e. The van der Waals surface area contributed by atoms with Crippen LogP contribution in [0.3, 0.4) is 0 Å². The topological polar surface area (TPSA) is 71.7 Å². The number of hydrogen-bond donors (Lipinski definition) is 2. The molecule has 2 aromatic rings. The molecule has 1 heterocycles. The zero-order valence-electron chi connectivity index (χ0n) is 14.7. The predicted octanol–water partition coefficient (Wildman–Crippen LogP) is 2.36. The van der Waals surface area contributed by atoms with Crippen molar-refractivity contribution in [2.45, 2.75) is 0 Å². The van der Waals surface area contributed by atoms with E-state index in [0.29, 0.717) is 24.5 Å². The first-order valence-electron chi connectivity index (χ1n) is 8.77. The maximum atomic E-state index is 9.35. The van der Waals surface area contributed by atoms with Gasteiger partial charge < -0.3 is 10.4 Å². The molecule has 1 aliphatic heterocycles. The Labute approximate surface area is 153 Å². The van der Waals surface area contributed by atoms with Crippen molar-refractivity contribution in [2.24, 2.45) is 10.3 Å². The number of rotatable bonds is 6. The van der Waals surface area contributed by atoms with Gasteiger partial charge >= 0.3 is 0 Å². The molecule has 0 radical (unpaired) electrons. The average molecular weight is 352 g/mol.